The second-order valence-corrected chi connectivity index (χ2v) is 3.90. The summed E-state index contributed by atoms with van der Waals surface area (Å²) in [5, 5.41) is 0. The van der Waals surface area contributed by atoms with Crippen molar-refractivity contribution >= 4 is 5.78 Å². The standard InChI is InChI=1S/C12H20O/c1-3-5-6-7-11-10(4-2)8-9-12(11)13/h5-6,10-11H,3-4,7-9H2,1-2H3/b6-5-. The SMILES string of the molecule is CC/C=C\CC1C(=O)CCC1CC. The Morgan fingerprint density at radius 2 is 2.15 bits per heavy atom. The highest BCUT2D eigenvalue weighted by Crippen LogP contribution is 2.33. The summed E-state index contributed by atoms with van der Waals surface area (Å²) in [6, 6.07) is 0. The van der Waals surface area contributed by atoms with Crippen molar-refractivity contribution in [1.82, 2.24) is 0 Å². The molecular formula is C12H20O. The first kappa shape index (κ1) is 10.5. The van der Waals surface area contributed by atoms with E-state index in [1.165, 1.54) is 0 Å². The van der Waals surface area contributed by atoms with Crippen LogP contribution in [0.15, 0.2) is 12.2 Å². The molecule has 74 valence electrons. The molecule has 0 saturated heterocycles. The minimum absolute atomic E-state index is 0.341. The molecule has 1 saturated carbocycles. The van der Waals surface area contributed by atoms with E-state index in [1.54, 1.807) is 0 Å². The Bertz CT molecular complexity index is 193. The molecule has 0 N–H and O–H groups in total. The van der Waals surface area contributed by atoms with Gasteiger partial charge in [-0.1, -0.05) is 32.4 Å². The maximum atomic E-state index is 11.5. The van der Waals surface area contributed by atoms with Crippen molar-refractivity contribution in [2.45, 2.75) is 46.0 Å². The van der Waals surface area contributed by atoms with Crippen molar-refractivity contribution in [2.24, 2.45) is 11.8 Å². The molecule has 1 aliphatic carbocycles. The lowest BCUT2D eigenvalue weighted by Crippen LogP contribution is -2.13. The average molecular weight is 180 g/mol. The fourth-order valence-corrected chi connectivity index (χ4v) is 2.20. The van der Waals surface area contributed by atoms with Crippen LogP contribution in [0.5, 0.6) is 0 Å². The number of allylic oxidation sites excluding steroid dienone is 2. The van der Waals surface area contributed by atoms with Gasteiger partial charge in [0.1, 0.15) is 5.78 Å². The molecule has 1 nitrogen and oxygen atoms in total. The molecule has 1 heteroatoms. The molecule has 0 aromatic rings. The Kier molecular flexibility index (Phi) is 4.20. The Morgan fingerprint density at radius 1 is 1.38 bits per heavy atom. The molecule has 0 aromatic carbocycles. The summed E-state index contributed by atoms with van der Waals surface area (Å²) in [5.74, 6) is 1.49. The molecule has 1 rings (SSSR count). The predicted molar refractivity (Wildman–Crippen MR) is 55.6 cm³/mol. The highest BCUT2D eigenvalue weighted by molar-refractivity contribution is 5.83. The van der Waals surface area contributed by atoms with Crippen molar-refractivity contribution in [3.63, 3.8) is 0 Å². The van der Waals surface area contributed by atoms with Gasteiger partial charge >= 0.3 is 0 Å². The highest BCUT2D eigenvalue weighted by Gasteiger charge is 2.31. The van der Waals surface area contributed by atoms with Gasteiger partial charge in [0.25, 0.3) is 0 Å². The van der Waals surface area contributed by atoms with E-state index >= 15 is 0 Å². The number of hydrogen-bond acceptors (Lipinski definition) is 1. The zero-order valence-corrected chi connectivity index (χ0v) is 8.75. The molecule has 13 heavy (non-hydrogen) atoms. The van der Waals surface area contributed by atoms with Crippen LogP contribution >= 0.6 is 0 Å². The van der Waals surface area contributed by atoms with Crippen LogP contribution in [-0.2, 0) is 4.79 Å². The average Bonchev–Trinajstić information content (AvgIpc) is 2.48. The van der Waals surface area contributed by atoms with E-state index in [-0.39, 0.29) is 0 Å². The molecule has 0 aromatic heterocycles. The van der Waals surface area contributed by atoms with Crippen LogP contribution < -0.4 is 0 Å². The van der Waals surface area contributed by atoms with E-state index in [1.807, 2.05) is 0 Å². The Balaban J connectivity index is 2.44. The van der Waals surface area contributed by atoms with Gasteiger partial charge in [-0.25, -0.2) is 0 Å². The van der Waals surface area contributed by atoms with E-state index in [2.05, 4.69) is 26.0 Å². The quantitative estimate of drug-likeness (QED) is 0.606. The summed E-state index contributed by atoms with van der Waals surface area (Å²) in [6.45, 7) is 4.32. The second kappa shape index (κ2) is 5.21. The summed E-state index contributed by atoms with van der Waals surface area (Å²) >= 11 is 0. The number of hydrogen-bond donors (Lipinski definition) is 0. The molecule has 0 aliphatic heterocycles. The lowest BCUT2D eigenvalue weighted by molar-refractivity contribution is -0.121. The van der Waals surface area contributed by atoms with Crippen molar-refractivity contribution in [2.75, 3.05) is 0 Å². The van der Waals surface area contributed by atoms with Gasteiger partial charge in [0.15, 0.2) is 0 Å². The first-order valence-corrected chi connectivity index (χ1v) is 5.47. The van der Waals surface area contributed by atoms with Crippen molar-refractivity contribution < 1.29 is 4.79 Å². The molecule has 0 radical (unpaired) electrons. The van der Waals surface area contributed by atoms with E-state index < -0.39 is 0 Å². The fourth-order valence-electron chi connectivity index (χ4n) is 2.20. The van der Waals surface area contributed by atoms with Gasteiger partial charge in [-0.05, 0) is 25.2 Å². The fraction of sp³-hybridized carbons (Fsp3) is 0.750. The molecule has 0 bridgehead atoms. The van der Waals surface area contributed by atoms with Crippen LogP contribution in [0.1, 0.15) is 46.0 Å². The minimum Gasteiger partial charge on any atom is -0.299 e. The van der Waals surface area contributed by atoms with Crippen LogP contribution in [0.2, 0.25) is 0 Å². The zero-order valence-electron chi connectivity index (χ0n) is 8.75. The van der Waals surface area contributed by atoms with Gasteiger partial charge in [0, 0.05) is 12.3 Å². The van der Waals surface area contributed by atoms with Gasteiger partial charge in [-0.15, -0.1) is 0 Å². The van der Waals surface area contributed by atoms with Crippen LogP contribution in [0.3, 0.4) is 0 Å². The molecular weight excluding hydrogens is 160 g/mol. The highest BCUT2D eigenvalue weighted by atomic mass is 16.1. The number of ketones is 1. The molecule has 1 aliphatic rings. The third-order valence-corrected chi connectivity index (χ3v) is 3.06. The summed E-state index contributed by atoms with van der Waals surface area (Å²) in [6.07, 6.45) is 9.51. The molecule has 0 spiro atoms. The topological polar surface area (TPSA) is 17.1 Å². The second-order valence-electron chi connectivity index (χ2n) is 3.90. The van der Waals surface area contributed by atoms with Crippen molar-refractivity contribution in [3.05, 3.63) is 12.2 Å². The van der Waals surface area contributed by atoms with Crippen molar-refractivity contribution in [3.8, 4) is 0 Å². The van der Waals surface area contributed by atoms with Crippen molar-refractivity contribution in [1.29, 1.82) is 0 Å². The number of carbonyl (C=O) groups excluding carboxylic acids is 1. The minimum atomic E-state index is 0.341. The largest absolute Gasteiger partial charge is 0.299 e. The molecule has 2 unspecified atom stereocenters. The van der Waals surface area contributed by atoms with Crippen LogP contribution in [0.4, 0.5) is 0 Å². The summed E-state index contributed by atoms with van der Waals surface area (Å²) in [5.41, 5.74) is 0. The van der Waals surface area contributed by atoms with E-state index in [9.17, 15) is 4.79 Å². The lowest BCUT2D eigenvalue weighted by Gasteiger charge is -2.13. The van der Waals surface area contributed by atoms with E-state index in [4.69, 9.17) is 0 Å². The van der Waals surface area contributed by atoms with Crippen LogP contribution in [-0.4, -0.2) is 5.78 Å². The van der Waals surface area contributed by atoms with Gasteiger partial charge in [0.2, 0.25) is 0 Å². The molecule has 1 fully saturated rings. The normalized spacial score (nSPS) is 28.9. The first-order chi connectivity index (χ1) is 6.29. The summed E-state index contributed by atoms with van der Waals surface area (Å²) < 4.78 is 0. The van der Waals surface area contributed by atoms with Gasteiger partial charge in [-0.3, -0.25) is 4.79 Å². The maximum Gasteiger partial charge on any atom is 0.136 e. The van der Waals surface area contributed by atoms with Gasteiger partial charge in [0.05, 0.1) is 0 Å². The zero-order chi connectivity index (χ0) is 9.68. The summed E-state index contributed by atoms with van der Waals surface area (Å²) in [7, 11) is 0. The van der Waals surface area contributed by atoms with E-state index in [0.717, 1.165) is 32.1 Å². The Hall–Kier alpha value is -0.590. The van der Waals surface area contributed by atoms with Crippen LogP contribution in [0.25, 0.3) is 0 Å². The van der Waals surface area contributed by atoms with Crippen LogP contribution in [0, 0.1) is 11.8 Å². The van der Waals surface area contributed by atoms with Gasteiger partial charge in [-0.2, -0.15) is 0 Å². The number of Topliss-reactive ketones (excluding diaryl/α,β-unsaturated/α-hetero) is 1. The number of rotatable bonds is 4. The summed E-state index contributed by atoms with van der Waals surface area (Å²) in [4.78, 5) is 11.5. The lowest BCUT2D eigenvalue weighted by atomic mass is 9.90. The van der Waals surface area contributed by atoms with E-state index in [0.29, 0.717) is 17.6 Å². The predicted octanol–water partition coefficient (Wildman–Crippen LogP) is 3.35. The Labute approximate surface area is 81.2 Å². The maximum absolute atomic E-state index is 11.5. The number of carbonyl (C=O) groups is 1. The van der Waals surface area contributed by atoms with Gasteiger partial charge < -0.3 is 0 Å². The molecule has 0 heterocycles. The third kappa shape index (κ3) is 2.68. The first-order valence-electron chi connectivity index (χ1n) is 5.47. The monoisotopic (exact) mass is 180 g/mol. The third-order valence-electron chi connectivity index (χ3n) is 3.06. The Morgan fingerprint density at radius 3 is 2.77 bits per heavy atom. The molecule has 0 amide bonds. The smallest absolute Gasteiger partial charge is 0.136 e. The molecule has 2 atom stereocenters.